The zero-order chi connectivity index (χ0) is 13.2. The van der Waals surface area contributed by atoms with Crippen LogP contribution in [0, 0.1) is 6.92 Å². The van der Waals surface area contributed by atoms with Crippen molar-refractivity contribution in [1.29, 1.82) is 0 Å². The maximum absolute atomic E-state index is 5.52. The van der Waals surface area contributed by atoms with Gasteiger partial charge in [-0.05, 0) is 36.8 Å². The first-order valence-electron chi connectivity index (χ1n) is 6.08. The van der Waals surface area contributed by atoms with Crippen molar-refractivity contribution >= 4 is 12.6 Å². The molecule has 18 heavy (non-hydrogen) atoms. The van der Waals surface area contributed by atoms with Gasteiger partial charge in [-0.2, -0.15) is 12.6 Å². The Hall–Kier alpha value is -0.870. The quantitative estimate of drug-likeness (QED) is 0.832. The maximum Gasteiger partial charge on any atom is 0.123 e. The van der Waals surface area contributed by atoms with Crippen molar-refractivity contribution in [1.82, 2.24) is 0 Å². The van der Waals surface area contributed by atoms with Crippen molar-refractivity contribution in [3.05, 3.63) is 23.3 Å². The minimum absolute atomic E-state index is 0.0358. The first kappa shape index (κ1) is 13.6. The molecule has 3 nitrogen and oxygen atoms in total. The molecule has 2 rings (SSSR count). The Balaban J connectivity index is 2.47. The molecule has 0 spiro atoms. The van der Waals surface area contributed by atoms with E-state index >= 15 is 0 Å². The van der Waals surface area contributed by atoms with E-state index in [2.05, 4.69) is 18.7 Å². The van der Waals surface area contributed by atoms with E-state index in [4.69, 9.17) is 14.2 Å². The van der Waals surface area contributed by atoms with E-state index < -0.39 is 0 Å². The minimum Gasteiger partial charge on any atom is -0.496 e. The zero-order valence-electron chi connectivity index (χ0n) is 11.2. The lowest BCUT2D eigenvalue weighted by Crippen LogP contribution is -2.47. The molecule has 0 aromatic heterocycles. The fourth-order valence-electron chi connectivity index (χ4n) is 2.46. The summed E-state index contributed by atoms with van der Waals surface area (Å²) in [7, 11) is 3.40. The molecular formula is C14H20O3S. The average molecular weight is 268 g/mol. The Kier molecular flexibility index (Phi) is 4.07. The maximum atomic E-state index is 5.52. The summed E-state index contributed by atoms with van der Waals surface area (Å²) < 4.78 is 16.3. The summed E-state index contributed by atoms with van der Waals surface area (Å²) in [5.74, 6) is 2.65. The summed E-state index contributed by atoms with van der Waals surface area (Å²) >= 11 is 4.36. The van der Waals surface area contributed by atoms with Gasteiger partial charge in [0.1, 0.15) is 11.5 Å². The van der Waals surface area contributed by atoms with Crippen LogP contribution < -0.4 is 9.47 Å². The molecule has 1 aromatic carbocycles. The lowest BCUT2D eigenvalue weighted by molar-refractivity contribution is -0.0623. The average Bonchev–Trinajstić information content (AvgIpc) is 2.33. The summed E-state index contributed by atoms with van der Waals surface area (Å²) in [4.78, 5) is 0. The summed E-state index contributed by atoms with van der Waals surface area (Å²) in [6, 6.07) is 4.12. The van der Waals surface area contributed by atoms with Crippen LogP contribution in [0.15, 0.2) is 12.1 Å². The molecule has 0 N–H and O–H groups in total. The highest BCUT2D eigenvalue weighted by Crippen LogP contribution is 2.43. The number of hydrogen-bond donors (Lipinski definition) is 1. The van der Waals surface area contributed by atoms with Crippen LogP contribution in [-0.4, -0.2) is 33.2 Å². The summed E-state index contributed by atoms with van der Waals surface area (Å²) in [5, 5.41) is 0. The molecule has 1 aliphatic heterocycles. The van der Waals surface area contributed by atoms with Gasteiger partial charge in [-0.25, -0.2) is 0 Å². The molecule has 1 saturated heterocycles. The van der Waals surface area contributed by atoms with Crippen molar-refractivity contribution in [3.8, 4) is 11.5 Å². The van der Waals surface area contributed by atoms with E-state index in [0.717, 1.165) is 42.4 Å². The van der Waals surface area contributed by atoms with Gasteiger partial charge in [-0.15, -0.1) is 0 Å². The van der Waals surface area contributed by atoms with Crippen LogP contribution in [0.1, 0.15) is 17.5 Å². The lowest BCUT2D eigenvalue weighted by atomic mass is 9.75. The topological polar surface area (TPSA) is 27.7 Å². The van der Waals surface area contributed by atoms with Gasteiger partial charge in [0.2, 0.25) is 0 Å². The Morgan fingerprint density at radius 2 is 1.89 bits per heavy atom. The second-order valence-corrected chi connectivity index (χ2v) is 5.22. The molecule has 0 atom stereocenters. The fourth-order valence-corrected chi connectivity index (χ4v) is 2.89. The van der Waals surface area contributed by atoms with E-state index in [-0.39, 0.29) is 5.41 Å². The van der Waals surface area contributed by atoms with E-state index in [1.807, 2.05) is 13.0 Å². The molecule has 4 heteroatoms. The fraction of sp³-hybridized carbons (Fsp3) is 0.571. The molecule has 0 amide bonds. The number of hydrogen-bond acceptors (Lipinski definition) is 4. The van der Waals surface area contributed by atoms with Crippen molar-refractivity contribution in [2.75, 3.05) is 33.2 Å². The number of rotatable bonds is 5. The summed E-state index contributed by atoms with van der Waals surface area (Å²) in [6.07, 6.45) is 0.985. The van der Waals surface area contributed by atoms with Crippen LogP contribution in [-0.2, 0) is 10.2 Å². The Labute approximate surface area is 114 Å². The van der Waals surface area contributed by atoms with E-state index in [1.54, 1.807) is 14.2 Å². The van der Waals surface area contributed by atoms with Gasteiger partial charge in [0.05, 0.1) is 27.4 Å². The van der Waals surface area contributed by atoms with Crippen molar-refractivity contribution in [2.24, 2.45) is 0 Å². The van der Waals surface area contributed by atoms with E-state index in [0.29, 0.717) is 0 Å². The van der Waals surface area contributed by atoms with Crippen molar-refractivity contribution in [2.45, 2.75) is 18.8 Å². The number of benzene rings is 1. The number of ether oxygens (including phenoxy) is 3. The third kappa shape index (κ3) is 2.19. The van der Waals surface area contributed by atoms with Crippen LogP contribution in [0.2, 0.25) is 0 Å². The zero-order valence-corrected chi connectivity index (χ0v) is 12.0. The largest absolute Gasteiger partial charge is 0.496 e. The molecule has 0 bridgehead atoms. The Morgan fingerprint density at radius 1 is 1.22 bits per heavy atom. The van der Waals surface area contributed by atoms with Gasteiger partial charge in [0, 0.05) is 11.0 Å². The molecule has 0 saturated carbocycles. The Morgan fingerprint density at radius 3 is 2.33 bits per heavy atom. The second kappa shape index (κ2) is 5.41. The van der Waals surface area contributed by atoms with Crippen LogP contribution in [0.3, 0.4) is 0 Å². The van der Waals surface area contributed by atoms with Crippen LogP contribution in [0.4, 0.5) is 0 Å². The smallest absolute Gasteiger partial charge is 0.123 e. The normalized spacial score (nSPS) is 17.1. The first-order valence-corrected chi connectivity index (χ1v) is 6.72. The third-order valence-corrected chi connectivity index (χ3v) is 3.86. The van der Waals surface area contributed by atoms with Gasteiger partial charge in [0.25, 0.3) is 0 Å². The molecule has 1 heterocycles. The summed E-state index contributed by atoms with van der Waals surface area (Å²) in [5.41, 5.74) is 2.29. The van der Waals surface area contributed by atoms with E-state index in [1.165, 1.54) is 5.56 Å². The van der Waals surface area contributed by atoms with Crippen molar-refractivity contribution in [3.63, 3.8) is 0 Å². The molecule has 1 fully saturated rings. The summed E-state index contributed by atoms with van der Waals surface area (Å²) in [6.45, 7) is 3.49. The predicted octanol–water partition coefficient (Wildman–Crippen LogP) is 2.60. The van der Waals surface area contributed by atoms with Gasteiger partial charge in [-0.1, -0.05) is 0 Å². The number of methoxy groups -OCH3 is 2. The standard InChI is InChI=1S/C14H20O3S/c1-10-6-13(16-3)11(7-12(10)15-2)14(4-5-18)8-17-9-14/h6-7,18H,4-5,8-9H2,1-3H3. The predicted molar refractivity (Wildman–Crippen MR) is 75.3 cm³/mol. The van der Waals surface area contributed by atoms with Gasteiger partial charge < -0.3 is 14.2 Å². The first-order chi connectivity index (χ1) is 8.66. The van der Waals surface area contributed by atoms with Crippen LogP contribution >= 0.6 is 12.6 Å². The molecule has 0 unspecified atom stereocenters. The molecule has 100 valence electrons. The molecular weight excluding hydrogens is 248 g/mol. The van der Waals surface area contributed by atoms with Gasteiger partial charge in [-0.3, -0.25) is 0 Å². The van der Waals surface area contributed by atoms with Gasteiger partial charge >= 0.3 is 0 Å². The highest BCUT2D eigenvalue weighted by Gasteiger charge is 2.42. The van der Waals surface area contributed by atoms with Crippen molar-refractivity contribution < 1.29 is 14.2 Å². The highest BCUT2D eigenvalue weighted by molar-refractivity contribution is 7.80. The molecule has 1 aromatic rings. The SMILES string of the molecule is COc1cc(C2(CCS)COC2)c(OC)cc1C. The lowest BCUT2D eigenvalue weighted by Gasteiger charge is -2.42. The number of aryl methyl sites for hydroxylation is 1. The number of thiol groups is 1. The minimum atomic E-state index is 0.0358. The molecule has 1 aliphatic rings. The van der Waals surface area contributed by atoms with Crippen LogP contribution in [0.5, 0.6) is 11.5 Å². The monoisotopic (exact) mass is 268 g/mol. The molecule has 0 radical (unpaired) electrons. The second-order valence-electron chi connectivity index (χ2n) is 4.77. The Bertz CT molecular complexity index is 427. The highest BCUT2D eigenvalue weighted by atomic mass is 32.1. The molecule has 0 aliphatic carbocycles. The van der Waals surface area contributed by atoms with Crippen LogP contribution in [0.25, 0.3) is 0 Å². The third-order valence-electron chi connectivity index (χ3n) is 3.64. The van der Waals surface area contributed by atoms with Gasteiger partial charge in [0.15, 0.2) is 0 Å². The van der Waals surface area contributed by atoms with E-state index in [9.17, 15) is 0 Å².